The normalized spacial score (nSPS) is 22.3. The fourth-order valence-electron chi connectivity index (χ4n) is 4.38. The highest BCUT2D eigenvalue weighted by Gasteiger charge is 2.36. The molecule has 2 amide bonds. The van der Waals surface area contributed by atoms with Crippen molar-refractivity contribution in [2.24, 2.45) is 17.1 Å². The number of likely N-dealkylation sites (tertiary alicyclic amines) is 1. The smallest absolute Gasteiger partial charge is 0.230 e. The van der Waals surface area contributed by atoms with Gasteiger partial charge in [-0.05, 0) is 56.2 Å². The summed E-state index contributed by atoms with van der Waals surface area (Å²) in [6.07, 6.45) is 9.61. The topological polar surface area (TPSA) is 88.3 Å². The molecule has 0 aromatic carbocycles. The van der Waals surface area contributed by atoms with Crippen molar-refractivity contribution in [3.63, 3.8) is 0 Å². The third-order valence-electron chi connectivity index (χ3n) is 6.18. The Hall–Kier alpha value is -1.95. The van der Waals surface area contributed by atoms with Gasteiger partial charge in [0.25, 0.3) is 0 Å². The minimum atomic E-state index is -0.175. The second-order valence-corrected chi connectivity index (χ2v) is 8.33. The molecular weight excluding hydrogens is 340 g/mol. The van der Waals surface area contributed by atoms with Gasteiger partial charge in [-0.2, -0.15) is 0 Å². The minimum Gasteiger partial charge on any atom is -0.342 e. The van der Waals surface area contributed by atoms with Crippen molar-refractivity contribution in [1.82, 2.24) is 9.88 Å². The fraction of sp³-hybridized carbons (Fsp3) is 0.667. The molecule has 1 atom stereocenters. The number of aromatic nitrogens is 1. The van der Waals surface area contributed by atoms with E-state index in [0.717, 1.165) is 37.8 Å². The van der Waals surface area contributed by atoms with Crippen molar-refractivity contribution in [3.8, 4) is 0 Å². The van der Waals surface area contributed by atoms with Gasteiger partial charge in [0.1, 0.15) is 5.82 Å². The van der Waals surface area contributed by atoms with Crippen molar-refractivity contribution in [2.75, 3.05) is 25.0 Å². The van der Waals surface area contributed by atoms with Crippen LogP contribution >= 0.6 is 0 Å². The highest BCUT2D eigenvalue weighted by molar-refractivity contribution is 5.92. The zero-order valence-electron chi connectivity index (χ0n) is 16.4. The third-order valence-corrected chi connectivity index (χ3v) is 6.18. The number of nitrogens with two attached hydrogens (primary N) is 1. The summed E-state index contributed by atoms with van der Waals surface area (Å²) in [5.74, 6) is 0.507. The standard InChI is InChI=1S/C21H32N4O2/c1-16-7-8-18(23-13-16)24-20(27)17-6-5-11-25(14-17)19(26)12-21(15-22)9-3-2-4-10-21/h7-8,13,17H,2-6,9-12,14-15,22H2,1H3,(H,23,24,27). The van der Waals surface area contributed by atoms with Gasteiger partial charge in [-0.25, -0.2) is 4.98 Å². The summed E-state index contributed by atoms with van der Waals surface area (Å²) in [7, 11) is 0. The SMILES string of the molecule is Cc1ccc(NC(=O)C2CCCN(C(=O)CC3(CN)CCCCC3)C2)nc1. The van der Waals surface area contributed by atoms with Gasteiger partial charge in [0, 0.05) is 25.7 Å². The molecule has 1 saturated heterocycles. The largest absolute Gasteiger partial charge is 0.342 e. The fourth-order valence-corrected chi connectivity index (χ4v) is 4.38. The Labute approximate surface area is 161 Å². The molecule has 0 spiro atoms. The maximum absolute atomic E-state index is 12.9. The summed E-state index contributed by atoms with van der Waals surface area (Å²) in [5.41, 5.74) is 7.07. The lowest BCUT2D eigenvalue weighted by Gasteiger charge is -2.39. The summed E-state index contributed by atoms with van der Waals surface area (Å²) >= 11 is 0. The Balaban J connectivity index is 1.57. The molecule has 3 rings (SSSR count). The van der Waals surface area contributed by atoms with Crippen molar-refractivity contribution in [3.05, 3.63) is 23.9 Å². The van der Waals surface area contributed by atoms with Crippen molar-refractivity contribution in [1.29, 1.82) is 0 Å². The first-order valence-corrected chi connectivity index (χ1v) is 10.2. The first kappa shape index (κ1) is 19.8. The quantitative estimate of drug-likeness (QED) is 0.832. The second kappa shape index (κ2) is 8.83. The highest BCUT2D eigenvalue weighted by atomic mass is 16.2. The number of carbonyl (C=O) groups excluding carboxylic acids is 2. The van der Waals surface area contributed by atoms with E-state index in [0.29, 0.717) is 25.3 Å². The van der Waals surface area contributed by atoms with Crippen LogP contribution in [0.5, 0.6) is 0 Å². The Bertz CT molecular complexity index is 653. The van der Waals surface area contributed by atoms with E-state index in [4.69, 9.17) is 5.73 Å². The zero-order valence-corrected chi connectivity index (χ0v) is 16.4. The molecule has 1 unspecified atom stereocenters. The number of hydrogen-bond donors (Lipinski definition) is 2. The lowest BCUT2D eigenvalue weighted by atomic mass is 9.71. The summed E-state index contributed by atoms with van der Waals surface area (Å²) in [6, 6.07) is 3.74. The molecule has 1 saturated carbocycles. The van der Waals surface area contributed by atoms with Crippen LogP contribution in [-0.4, -0.2) is 41.3 Å². The maximum Gasteiger partial charge on any atom is 0.230 e. The molecule has 1 aromatic heterocycles. The number of piperidine rings is 1. The Kier molecular flexibility index (Phi) is 6.47. The molecule has 1 aromatic rings. The molecule has 0 bridgehead atoms. The minimum absolute atomic E-state index is 0.0314. The van der Waals surface area contributed by atoms with E-state index < -0.39 is 0 Å². The van der Waals surface area contributed by atoms with E-state index in [2.05, 4.69) is 10.3 Å². The van der Waals surface area contributed by atoms with Gasteiger partial charge in [0.05, 0.1) is 5.92 Å². The van der Waals surface area contributed by atoms with E-state index in [1.807, 2.05) is 24.0 Å². The van der Waals surface area contributed by atoms with Crippen molar-refractivity contribution < 1.29 is 9.59 Å². The number of amides is 2. The van der Waals surface area contributed by atoms with Gasteiger partial charge < -0.3 is 16.0 Å². The van der Waals surface area contributed by atoms with Crippen LogP contribution in [0.1, 0.15) is 56.9 Å². The molecule has 6 nitrogen and oxygen atoms in total. The first-order chi connectivity index (χ1) is 13.0. The number of carbonyl (C=O) groups is 2. The molecular formula is C21H32N4O2. The molecule has 1 aliphatic heterocycles. The number of rotatable bonds is 5. The van der Waals surface area contributed by atoms with E-state index in [9.17, 15) is 9.59 Å². The van der Waals surface area contributed by atoms with Crippen molar-refractivity contribution in [2.45, 2.75) is 58.3 Å². The van der Waals surface area contributed by atoms with Crippen LogP contribution in [0.4, 0.5) is 5.82 Å². The summed E-state index contributed by atoms with van der Waals surface area (Å²) in [6.45, 7) is 3.78. The van der Waals surface area contributed by atoms with Crippen LogP contribution in [0, 0.1) is 18.3 Å². The molecule has 0 radical (unpaired) electrons. The molecule has 2 aliphatic rings. The summed E-state index contributed by atoms with van der Waals surface area (Å²) < 4.78 is 0. The van der Waals surface area contributed by atoms with Gasteiger partial charge in [-0.3, -0.25) is 9.59 Å². The average Bonchev–Trinajstić information content (AvgIpc) is 2.70. The molecule has 6 heteroatoms. The maximum atomic E-state index is 12.9. The van der Waals surface area contributed by atoms with Crippen LogP contribution < -0.4 is 11.1 Å². The Morgan fingerprint density at radius 1 is 1.26 bits per heavy atom. The van der Waals surface area contributed by atoms with Gasteiger partial charge in [-0.1, -0.05) is 25.3 Å². The van der Waals surface area contributed by atoms with Crippen LogP contribution in [-0.2, 0) is 9.59 Å². The van der Waals surface area contributed by atoms with E-state index in [-0.39, 0.29) is 23.1 Å². The van der Waals surface area contributed by atoms with Gasteiger partial charge in [0.15, 0.2) is 0 Å². The molecule has 1 aliphatic carbocycles. The summed E-state index contributed by atoms with van der Waals surface area (Å²) in [5, 5.41) is 2.89. The lowest BCUT2D eigenvalue weighted by molar-refractivity contribution is -0.137. The van der Waals surface area contributed by atoms with E-state index in [1.54, 1.807) is 6.20 Å². The van der Waals surface area contributed by atoms with E-state index in [1.165, 1.54) is 19.3 Å². The number of anilines is 1. The Morgan fingerprint density at radius 3 is 2.70 bits per heavy atom. The van der Waals surface area contributed by atoms with Crippen molar-refractivity contribution >= 4 is 17.6 Å². The van der Waals surface area contributed by atoms with Gasteiger partial charge >= 0.3 is 0 Å². The molecule has 148 valence electrons. The second-order valence-electron chi connectivity index (χ2n) is 8.33. The van der Waals surface area contributed by atoms with E-state index >= 15 is 0 Å². The predicted octanol–water partition coefficient (Wildman–Crippen LogP) is 2.87. The number of hydrogen-bond acceptors (Lipinski definition) is 4. The molecule has 2 heterocycles. The van der Waals surface area contributed by atoms with Crippen LogP contribution in [0.15, 0.2) is 18.3 Å². The molecule has 27 heavy (non-hydrogen) atoms. The van der Waals surface area contributed by atoms with Crippen LogP contribution in [0.3, 0.4) is 0 Å². The lowest BCUT2D eigenvalue weighted by Crippen LogP contribution is -2.46. The highest BCUT2D eigenvalue weighted by Crippen LogP contribution is 2.39. The van der Waals surface area contributed by atoms with Gasteiger partial charge in [-0.15, -0.1) is 0 Å². The number of pyridine rings is 1. The first-order valence-electron chi connectivity index (χ1n) is 10.2. The molecule has 3 N–H and O–H groups in total. The predicted molar refractivity (Wildman–Crippen MR) is 106 cm³/mol. The summed E-state index contributed by atoms with van der Waals surface area (Å²) in [4.78, 5) is 31.7. The third kappa shape index (κ3) is 5.06. The van der Waals surface area contributed by atoms with Crippen LogP contribution in [0.25, 0.3) is 0 Å². The Morgan fingerprint density at radius 2 is 2.04 bits per heavy atom. The molecule has 2 fully saturated rings. The average molecular weight is 373 g/mol. The monoisotopic (exact) mass is 372 g/mol. The zero-order chi connectivity index (χ0) is 19.3. The number of nitrogens with zero attached hydrogens (tertiary/aromatic N) is 2. The van der Waals surface area contributed by atoms with Gasteiger partial charge in [0.2, 0.25) is 11.8 Å². The number of nitrogens with one attached hydrogen (secondary N) is 1. The van der Waals surface area contributed by atoms with Crippen LogP contribution in [0.2, 0.25) is 0 Å². The number of aryl methyl sites for hydroxylation is 1.